The number of para-hydroxylation sites is 2. The van der Waals surface area contributed by atoms with Gasteiger partial charge in [-0.3, -0.25) is 0 Å². The largest absolute Gasteiger partial charge is 0.392 e. The van der Waals surface area contributed by atoms with Gasteiger partial charge in [0.1, 0.15) is 5.82 Å². The molecule has 0 fully saturated rings. The number of aliphatic hydroxyl groups is 1. The molecule has 1 unspecified atom stereocenters. The van der Waals surface area contributed by atoms with Gasteiger partial charge in [-0.05, 0) is 18.1 Å². The van der Waals surface area contributed by atoms with E-state index in [4.69, 9.17) is 0 Å². The minimum atomic E-state index is -0.324. The Bertz CT molecular complexity index is 488. The molecule has 1 heterocycles. The van der Waals surface area contributed by atoms with Crippen LogP contribution in [-0.2, 0) is 13.5 Å². The Morgan fingerprint density at radius 3 is 2.62 bits per heavy atom. The molecule has 0 bridgehead atoms. The summed E-state index contributed by atoms with van der Waals surface area (Å²) in [5, 5.41) is 9.88. The summed E-state index contributed by atoms with van der Waals surface area (Å²) in [7, 11) is 2.00. The maximum atomic E-state index is 9.88. The number of rotatable bonds is 3. The van der Waals surface area contributed by atoms with Crippen molar-refractivity contribution in [2.75, 3.05) is 0 Å². The molecule has 3 nitrogen and oxygen atoms in total. The molecule has 1 aromatic heterocycles. The summed E-state index contributed by atoms with van der Waals surface area (Å²) in [6, 6.07) is 8.04. The van der Waals surface area contributed by atoms with Gasteiger partial charge in [-0.1, -0.05) is 26.0 Å². The number of hydrogen-bond donors (Lipinski definition) is 1. The second-order valence-electron chi connectivity index (χ2n) is 4.59. The number of imidazole rings is 1. The molecule has 0 saturated carbocycles. The highest BCUT2D eigenvalue weighted by atomic mass is 16.3. The van der Waals surface area contributed by atoms with Gasteiger partial charge in [-0.2, -0.15) is 0 Å². The molecular formula is C13H18N2O. The molecule has 0 radical (unpaired) electrons. The number of benzene rings is 1. The Hall–Kier alpha value is -1.35. The maximum Gasteiger partial charge on any atom is 0.112 e. The van der Waals surface area contributed by atoms with Crippen molar-refractivity contribution < 1.29 is 5.11 Å². The zero-order chi connectivity index (χ0) is 11.7. The monoisotopic (exact) mass is 218 g/mol. The SMILES string of the molecule is CC(C)C(O)Cc1nc2ccccc2n1C. The Morgan fingerprint density at radius 1 is 1.31 bits per heavy atom. The van der Waals surface area contributed by atoms with E-state index in [1.165, 1.54) is 0 Å². The van der Waals surface area contributed by atoms with E-state index in [0.717, 1.165) is 16.9 Å². The normalized spacial score (nSPS) is 13.6. The highest BCUT2D eigenvalue weighted by molar-refractivity contribution is 5.75. The molecule has 1 N–H and O–H groups in total. The molecule has 0 aliphatic carbocycles. The maximum absolute atomic E-state index is 9.88. The highest BCUT2D eigenvalue weighted by Gasteiger charge is 2.14. The van der Waals surface area contributed by atoms with Crippen molar-refractivity contribution in [3.63, 3.8) is 0 Å². The van der Waals surface area contributed by atoms with Crippen molar-refractivity contribution in [3.05, 3.63) is 30.1 Å². The molecule has 2 rings (SSSR count). The average molecular weight is 218 g/mol. The van der Waals surface area contributed by atoms with Crippen LogP contribution in [0, 0.1) is 5.92 Å². The fraction of sp³-hybridized carbons (Fsp3) is 0.462. The first kappa shape index (κ1) is 11.1. The van der Waals surface area contributed by atoms with Gasteiger partial charge in [0.25, 0.3) is 0 Å². The van der Waals surface area contributed by atoms with E-state index in [2.05, 4.69) is 9.55 Å². The standard InChI is InChI=1S/C13H18N2O/c1-9(2)12(16)8-13-14-10-6-4-5-7-11(10)15(13)3/h4-7,9,12,16H,8H2,1-3H3. The van der Waals surface area contributed by atoms with Crippen molar-refractivity contribution >= 4 is 11.0 Å². The van der Waals surface area contributed by atoms with Crippen molar-refractivity contribution in [1.29, 1.82) is 0 Å². The summed E-state index contributed by atoms with van der Waals surface area (Å²) in [5.74, 6) is 1.21. The minimum absolute atomic E-state index is 0.264. The molecule has 1 atom stereocenters. The van der Waals surface area contributed by atoms with Crippen molar-refractivity contribution in [3.8, 4) is 0 Å². The van der Waals surface area contributed by atoms with Crippen molar-refractivity contribution in [1.82, 2.24) is 9.55 Å². The van der Waals surface area contributed by atoms with Crippen LogP contribution >= 0.6 is 0 Å². The van der Waals surface area contributed by atoms with Crippen molar-refractivity contribution in [2.24, 2.45) is 13.0 Å². The molecule has 2 aromatic rings. The minimum Gasteiger partial charge on any atom is -0.392 e. The first-order chi connectivity index (χ1) is 7.59. The van der Waals surface area contributed by atoms with Gasteiger partial charge < -0.3 is 9.67 Å². The van der Waals surface area contributed by atoms with E-state index in [9.17, 15) is 5.11 Å². The summed E-state index contributed by atoms with van der Waals surface area (Å²) in [6.07, 6.45) is 0.290. The van der Waals surface area contributed by atoms with Crippen LogP contribution in [-0.4, -0.2) is 20.8 Å². The smallest absolute Gasteiger partial charge is 0.112 e. The number of aryl methyl sites for hydroxylation is 1. The molecule has 86 valence electrons. The molecule has 3 heteroatoms. The average Bonchev–Trinajstić information content (AvgIpc) is 2.56. The third-order valence-corrected chi connectivity index (χ3v) is 3.04. The van der Waals surface area contributed by atoms with Crippen LogP contribution in [0.4, 0.5) is 0 Å². The number of aromatic nitrogens is 2. The van der Waals surface area contributed by atoms with Gasteiger partial charge in [0.2, 0.25) is 0 Å². The van der Waals surface area contributed by atoms with Crippen LogP contribution in [0.2, 0.25) is 0 Å². The topological polar surface area (TPSA) is 38.1 Å². The molecule has 1 aromatic carbocycles. The number of fused-ring (bicyclic) bond motifs is 1. The van der Waals surface area contributed by atoms with Crippen molar-refractivity contribution in [2.45, 2.75) is 26.4 Å². The number of nitrogens with zero attached hydrogens (tertiary/aromatic N) is 2. The van der Waals surface area contributed by atoms with Crippen LogP contribution in [0.5, 0.6) is 0 Å². The molecule has 0 saturated heterocycles. The Labute approximate surface area is 95.7 Å². The lowest BCUT2D eigenvalue weighted by Crippen LogP contribution is -2.19. The third kappa shape index (κ3) is 1.95. The Morgan fingerprint density at radius 2 is 2.00 bits per heavy atom. The fourth-order valence-corrected chi connectivity index (χ4v) is 1.80. The molecule has 0 aliphatic rings. The van der Waals surface area contributed by atoms with Crippen LogP contribution in [0.1, 0.15) is 19.7 Å². The summed E-state index contributed by atoms with van der Waals surface area (Å²) in [5.41, 5.74) is 2.12. The van der Waals surface area contributed by atoms with Gasteiger partial charge in [-0.25, -0.2) is 4.98 Å². The Kier molecular flexibility index (Phi) is 2.97. The van der Waals surface area contributed by atoms with E-state index in [1.807, 2.05) is 45.2 Å². The van der Waals surface area contributed by atoms with Crippen LogP contribution in [0.25, 0.3) is 11.0 Å². The predicted molar refractivity (Wildman–Crippen MR) is 65.3 cm³/mol. The Balaban J connectivity index is 2.35. The van der Waals surface area contributed by atoms with Gasteiger partial charge in [0, 0.05) is 13.5 Å². The molecule has 0 aliphatic heterocycles. The number of hydrogen-bond acceptors (Lipinski definition) is 2. The quantitative estimate of drug-likeness (QED) is 0.857. The summed E-state index contributed by atoms with van der Waals surface area (Å²) in [4.78, 5) is 4.54. The molecular weight excluding hydrogens is 200 g/mol. The lowest BCUT2D eigenvalue weighted by molar-refractivity contribution is 0.123. The fourth-order valence-electron chi connectivity index (χ4n) is 1.80. The van der Waals surface area contributed by atoms with E-state index < -0.39 is 0 Å². The first-order valence-electron chi connectivity index (χ1n) is 5.68. The van der Waals surface area contributed by atoms with Crippen LogP contribution in [0.15, 0.2) is 24.3 Å². The zero-order valence-electron chi connectivity index (χ0n) is 10.0. The highest BCUT2D eigenvalue weighted by Crippen LogP contribution is 2.16. The van der Waals surface area contributed by atoms with Gasteiger partial charge in [0.05, 0.1) is 17.1 Å². The lowest BCUT2D eigenvalue weighted by Gasteiger charge is -2.13. The van der Waals surface area contributed by atoms with E-state index >= 15 is 0 Å². The zero-order valence-corrected chi connectivity index (χ0v) is 10.0. The summed E-state index contributed by atoms with van der Waals surface area (Å²) >= 11 is 0. The molecule has 0 amide bonds. The summed E-state index contributed by atoms with van der Waals surface area (Å²) in [6.45, 7) is 4.04. The lowest BCUT2D eigenvalue weighted by atomic mass is 10.0. The second-order valence-corrected chi connectivity index (χ2v) is 4.59. The second kappa shape index (κ2) is 4.26. The van der Waals surface area contributed by atoms with E-state index in [1.54, 1.807) is 0 Å². The molecule has 0 spiro atoms. The van der Waals surface area contributed by atoms with Gasteiger partial charge in [0.15, 0.2) is 0 Å². The van der Waals surface area contributed by atoms with Gasteiger partial charge >= 0.3 is 0 Å². The summed E-state index contributed by atoms with van der Waals surface area (Å²) < 4.78 is 2.06. The van der Waals surface area contributed by atoms with E-state index in [0.29, 0.717) is 6.42 Å². The third-order valence-electron chi connectivity index (χ3n) is 3.04. The predicted octanol–water partition coefficient (Wildman–Crippen LogP) is 2.13. The first-order valence-corrected chi connectivity index (χ1v) is 5.68. The molecule has 16 heavy (non-hydrogen) atoms. The van der Waals surface area contributed by atoms with E-state index in [-0.39, 0.29) is 12.0 Å². The number of aliphatic hydroxyl groups excluding tert-OH is 1. The van der Waals surface area contributed by atoms with Crippen LogP contribution in [0.3, 0.4) is 0 Å². The van der Waals surface area contributed by atoms with Crippen LogP contribution < -0.4 is 0 Å². The van der Waals surface area contributed by atoms with Gasteiger partial charge in [-0.15, -0.1) is 0 Å².